The van der Waals surface area contributed by atoms with E-state index in [1.165, 1.54) is 33.5 Å². The molecule has 0 amide bonds. The standard InChI is InChI=1S/C19H18Cl2N2O2S/c20-14-9-15(21)11-16(10-14)26(24,25)23-7-5-13(6-8-23)18-12-22-19-4-2-1-3-17(18)19/h1-4,9-13,22H,5-8H2. The zero-order valence-electron chi connectivity index (χ0n) is 14.0. The molecule has 4 nitrogen and oxygen atoms in total. The van der Waals surface area contributed by atoms with E-state index in [0.29, 0.717) is 29.1 Å². The summed E-state index contributed by atoms with van der Waals surface area (Å²) in [5, 5.41) is 1.87. The van der Waals surface area contributed by atoms with E-state index in [1.807, 2.05) is 12.1 Å². The van der Waals surface area contributed by atoms with Gasteiger partial charge in [0.2, 0.25) is 10.0 Å². The van der Waals surface area contributed by atoms with Crippen molar-refractivity contribution in [2.45, 2.75) is 23.7 Å². The lowest BCUT2D eigenvalue weighted by atomic mass is 9.90. The highest BCUT2D eigenvalue weighted by Gasteiger charge is 2.31. The molecule has 1 aliphatic rings. The molecule has 1 saturated heterocycles. The van der Waals surface area contributed by atoms with E-state index in [1.54, 1.807) is 0 Å². The lowest BCUT2D eigenvalue weighted by Crippen LogP contribution is -2.37. The Morgan fingerprint density at radius 3 is 2.35 bits per heavy atom. The average Bonchev–Trinajstić information content (AvgIpc) is 3.05. The maximum absolute atomic E-state index is 12.9. The summed E-state index contributed by atoms with van der Waals surface area (Å²) in [6, 6.07) is 12.6. The maximum atomic E-state index is 12.9. The number of nitrogens with one attached hydrogen (secondary N) is 1. The number of H-pyrrole nitrogens is 1. The van der Waals surface area contributed by atoms with Gasteiger partial charge in [0.05, 0.1) is 4.90 Å². The van der Waals surface area contributed by atoms with Gasteiger partial charge in [-0.15, -0.1) is 0 Å². The number of sulfonamides is 1. The fourth-order valence-electron chi connectivity index (χ4n) is 3.67. The van der Waals surface area contributed by atoms with E-state index >= 15 is 0 Å². The van der Waals surface area contributed by atoms with Gasteiger partial charge in [0.25, 0.3) is 0 Å². The van der Waals surface area contributed by atoms with Gasteiger partial charge in [-0.2, -0.15) is 4.31 Å². The topological polar surface area (TPSA) is 53.2 Å². The lowest BCUT2D eigenvalue weighted by molar-refractivity contribution is 0.320. The Kier molecular flexibility index (Phi) is 4.73. The predicted octanol–water partition coefficient (Wildman–Crippen LogP) is 5.04. The summed E-state index contributed by atoms with van der Waals surface area (Å²) in [6.07, 6.45) is 3.63. The number of hydrogen-bond donors (Lipinski definition) is 1. The van der Waals surface area contributed by atoms with Crippen molar-refractivity contribution in [2.75, 3.05) is 13.1 Å². The summed E-state index contributed by atoms with van der Waals surface area (Å²) in [5.41, 5.74) is 2.38. The molecular formula is C19H18Cl2N2O2S. The first kappa shape index (κ1) is 17.9. The number of piperidine rings is 1. The highest BCUT2D eigenvalue weighted by atomic mass is 35.5. The molecule has 0 radical (unpaired) electrons. The molecule has 0 bridgehead atoms. The highest BCUT2D eigenvalue weighted by Crippen LogP contribution is 2.35. The van der Waals surface area contributed by atoms with Crippen LogP contribution in [-0.4, -0.2) is 30.8 Å². The van der Waals surface area contributed by atoms with Crippen LogP contribution in [0.1, 0.15) is 24.3 Å². The Labute approximate surface area is 162 Å². The van der Waals surface area contributed by atoms with Crippen molar-refractivity contribution in [3.8, 4) is 0 Å². The molecule has 1 N–H and O–H groups in total. The lowest BCUT2D eigenvalue weighted by Gasteiger charge is -2.31. The number of para-hydroxylation sites is 1. The SMILES string of the molecule is O=S(=O)(c1cc(Cl)cc(Cl)c1)N1CCC(c2c[nH]c3ccccc23)CC1. The number of nitrogens with zero attached hydrogens (tertiary/aromatic N) is 1. The van der Waals surface area contributed by atoms with Crippen LogP contribution in [0.5, 0.6) is 0 Å². The van der Waals surface area contributed by atoms with Crippen LogP contribution in [-0.2, 0) is 10.0 Å². The average molecular weight is 409 g/mol. The summed E-state index contributed by atoms with van der Waals surface area (Å²) >= 11 is 11.9. The largest absolute Gasteiger partial charge is 0.361 e. The minimum Gasteiger partial charge on any atom is -0.361 e. The van der Waals surface area contributed by atoms with Crippen LogP contribution in [0.3, 0.4) is 0 Å². The fourth-order valence-corrected chi connectivity index (χ4v) is 5.86. The van der Waals surface area contributed by atoms with E-state index in [-0.39, 0.29) is 4.90 Å². The smallest absolute Gasteiger partial charge is 0.243 e. The number of benzene rings is 2. The van der Waals surface area contributed by atoms with Crippen LogP contribution in [0.2, 0.25) is 10.0 Å². The van der Waals surface area contributed by atoms with Gasteiger partial charge in [-0.25, -0.2) is 8.42 Å². The third-order valence-electron chi connectivity index (χ3n) is 4.99. The van der Waals surface area contributed by atoms with Crippen molar-refractivity contribution >= 4 is 44.1 Å². The van der Waals surface area contributed by atoms with Crippen LogP contribution < -0.4 is 0 Å². The molecule has 1 fully saturated rings. The van der Waals surface area contributed by atoms with E-state index in [0.717, 1.165) is 18.4 Å². The summed E-state index contributed by atoms with van der Waals surface area (Å²) in [7, 11) is -3.59. The molecule has 7 heteroatoms. The second kappa shape index (κ2) is 6.89. The van der Waals surface area contributed by atoms with Crippen molar-refractivity contribution in [3.05, 3.63) is 64.3 Å². The third kappa shape index (κ3) is 3.25. The van der Waals surface area contributed by atoms with Crippen molar-refractivity contribution in [3.63, 3.8) is 0 Å². The molecule has 0 spiro atoms. The van der Waals surface area contributed by atoms with Gasteiger partial charge >= 0.3 is 0 Å². The summed E-state index contributed by atoms with van der Waals surface area (Å²) < 4.78 is 27.3. The number of halogens is 2. The first-order chi connectivity index (χ1) is 12.4. The van der Waals surface area contributed by atoms with Crippen molar-refractivity contribution in [1.29, 1.82) is 0 Å². The first-order valence-electron chi connectivity index (χ1n) is 8.47. The molecule has 26 heavy (non-hydrogen) atoms. The van der Waals surface area contributed by atoms with Gasteiger partial charge in [-0.3, -0.25) is 0 Å². The highest BCUT2D eigenvalue weighted by molar-refractivity contribution is 7.89. The summed E-state index contributed by atoms with van der Waals surface area (Å²) in [6.45, 7) is 0.966. The van der Waals surface area contributed by atoms with Crippen LogP contribution in [0.15, 0.2) is 53.6 Å². The van der Waals surface area contributed by atoms with Crippen LogP contribution in [0.4, 0.5) is 0 Å². The Hall–Kier alpha value is -1.53. The van der Waals surface area contributed by atoms with Gasteiger partial charge < -0.3 is 4.98 Å². The number of aromatic amines is 1. The maximum Gasteiger partial charge on any atom is 0.243 e. The normalized spacial score (nSPS) is 17.0. The molecule has 4 rings (SSSR count). The molecule has 0 atom stereocenters. The molecule has 1 aliphatic heterocycles. The summed E-state index contributed by atoms with van der Waals surface area (Å²) in [5.74, 6) is 0.348. The molecule has 2 aromatic carbocycles. The van der Waals surface area contributed by atoms with Crippen molar-refractivity contribution in [1.82, 2.24) is 9.29 Å². The number of hydrogen-bond acceptors (Lipinski definition) is 2. The Bertz CT molecular complexity index is 1030. The quantitative estimate of drug-likeness (QED) is 0.659. The van der Waals surface area contributed by atoms with Crippen molar-refractivity contribution < 1.29 is 8.42 Å². The van der Waals surface area contributed by atoms with Gasteiger partial charge in [0.1, 0.15) is 0 Å². The van der Waals surface area contributed by atoms with Gasteiger partial charge in [0, 0.05) is 40.2 Å². The van der Waals surface area contributed by atoms with E-state index in [2.05, 4.69) is 23.3 Å². The van der Waals surface area contributed by atoms with Gasteiger partial charge in [-0.05, 0) is 48.6 Å². The monoisotopic (exact) mass is 408 g/mol. The number of rotatable bonds is 3. The molecule has 0 saturated carbocycles. The van der Waals surface area contributed by atoms with Crippen LogP contribution in [0, 0.1) is 0 Å². The van der Waals surface area contributed by atoms with Gasteiger partial charge in [-0.1, -0.05) is 41.4 Å². The molecule has 136 valence electrons. The zero-order valence-corrected chi connectivity index (χ0v) is 16.3. The molecule has 1 aromatic heterocycles. The van der Waals surface area contributed by atoms with Gasteiger partial charge in [0.15, 0.2) is 0 Å². The third-order valence-corrected chi connectivity index (χ3v) is 7.30. The zero-order chi connectivity index (χ0) is 18.3. The molecule has 0 aliphatic carbocycles. The fraction of sp³-hybridized carbons (Fsp3) is 0.263. The minimum absolute atomic E-state index is 0.153. The second-order valence-electron chi connectivity index (χ2n) is 6.57. The summed E-state index contributed by atoms with van der Waals surface area (Å²) in [4.78, 5) is 3.46. The predicted molar refractivity (Wildman–Crippen MR) is 105 cm³/mol. The minimum atomic E-state index is -3.59. The Morgan fingerprint density at radius 2 is 1.65 bits per heavy atom. The number of aromatic nitrogens is 1. The number of fused-ring (bicyclic) bond motifs is 1. The second-order valence-corrected chi connectivity index (χ2v) is 9.38. The van der Waals surface area contributed by atoms with E-state index < -0.39 is 10.0 Å². The molecule has 3 aromatic rings. The Morgan fingerprint density at radius 1 is 1.00 bits per heavy atom. The van der Waals surface area contributed by atoms with E-state index in [4.69, 9.17) is 23.2 Å². The van der Waals surface area contributed by atoms with Crippen molar-refractivity contribution in [2.24, 2.45) is 0 Å². The Balaban J connectivity index is 1.54. The molecular weight excluding hydrogens is 391 g/mol. The first-order valence-corrected chi connectivity index (χ1v) is 10.7. The van der Waals surface area contributed by atoms with Crippen LogP contribution >= 0.6 is 23.2 Å². The molecule has 0 unspecified atom stereocenters. The van der Waals surface area contributed by atoms with E-state index in [9.17, 15) is 8.42 Å². The molecule has 2 heterocycles. The van der Waals surface area contributed by atoms with Crippen LogP contribution in [0.25, 0.3) is 10.9 Å².